The first-order chi connectivity index (χ1) is 22.0. The molecule has 3 aromatic heterocycles. The number of nitro groups is 1. The lowest BCUT2D eigenvalue weighted by Gasteiger charge is -2.33. The number of nitrogens with one attached hydrogen (secondary N) is 2. The van der Waals surface area contributed by atoms with E-state index in [9.17, 15) is 24.5 Å². The second-order valence-electron chi connectivity index (χ2n) is 11.7. The Morgan fingerprint density at radius 2 is 1.93 bits per heavy atom. The minimum atomic E-state index is -0.492. The predicted octanol–water partition coefficient (Wildman–Crippen LogP) is 6.29. The van der Waals surface area contributed by atoms with Crippen molar-refractivity contribution < 1.29 is 24.0 Å². The van der Waals surface area contributed by atoms with Crippen LogP contribution in [0.5, 0.6) is 0 Å². The molecule has 1 unspecified atom stereocenters. The van der Waals surface area contributed by atoms with Crippen molar-refractivity contribution in [1.29, 1.82) is 0 Å². The summed E-state index contributed by atoms with van der Waals surface area (Å²) in [7, 11) is 0. The third-order valence-corrected chi connectivity index (χ3v) is 10.7. The van der Waals surface area contributed by atoms with Gasteiger partial charge in [-0.15, -0.1) is 32.9 Å². The molecular weight excluding hydrogens is 649 g/mol. The summed E-state index contributed by atoms with van der Waals surface area (Å²) in [6.45, 7) is 8.69. The number of esters is 1. The smallest absolute Gasteiger partial charge is 0.341 e. The Labute approximate surface area is 278 Å². The molecule has 5 rings (SSSR count). The number of non-ortho nitro benzene ring substituents is 1. The molecule has 0 bridgehead atoms. The fraction of sp³-hybridized carbons (Fsp3) is 0.387. The minimum absolute atomic E-state index is 0.0344. The molecule has 12 nitrogen and oxygen atoms in total. The highest BCUT2D eigenvalue weighted by Crippen LogP contribution is 2.44. The topological polar surface area (TPSA) is 158 Å². The highest BCUT2D eigenvalue weighted by molar-refractivity contribution is 7.99. The second-order valence-corrected chi connectivity index (χ2v) is 14.7. The Hall–Kier alpha value is -4.08. The van der Waals surface area contributed by atoms with Gasteiger partial charge in [-0.1, -0.05) is 38.6 Å². The van der Waals surface area contributed by atoms with E-state index in [0.717, 1.165) is 41.5 Å². The van der Waals surface area contributed by atoms with E-state index in [4.69, 9.17) is 4.74 Å². The molecule has 1 aromatic carbocycles. The number of fused-ring (bicyclic) bond motifs is 1. The summed E-state index contributed by atoms with van der Waals surface area (Å²) in [5.74, 6) is -0.265. The number of thioether (sulfide) groups is 1. The number of hydrogen-bond acceptors (Lipinski definition) is 11. The normalized spacial score (nSPS) is 14.4. The van der Waals surface area contributed by atoms with Crippen LogP contribution in [-0.2, 0) is 28.9 Å². The molecule has 0 fully saturated rings. The number of aromatic nitrogens is 3. The van der Waals surface area contributed by atoms with Gasteiger partial charge in [0.05, 0.1) is 34.3 Å². The monoisotopic (exact) mass is 682 g/mol. The number of nitrogens with zero attached hydrogens (tertiary/aromatic N) is 4. The standard InChI is InChI=1S/C31H34N6O6S3/c1-5-43-29(40)26-21-13-8-18(31(2,3)4)15-23(21)46-28(26)33-25(38)17-45-30-35-34-24(16-32-27(39)22-7-6-14-44-22)36(30)19-9-11-20(12-10-19)37(41)42/h6-7,9-12,14,18H,5,8,13,15-17H2,1-4H3,(H,32,39)(H,33,38). The van der Waals surface area contributed by atoms with E-state index in [1.807, 2.05) is 0 Å². The molecule has 15 heteroatoms. The highest BCUT2D eigenvalue weighted by Gasteiger charge is 2.34. The maximum absolute atomic E-state index is 13.3. The lowest BCUT2D eigenvalue weighted by molar-refractivity contribution is -0.384. The Bertz CT molecular complexity index is 1740. The van der Waals surface area contributed by atoms with E-state index in [1.54, 1.807) is 41.1 Å². The van der Waals surface area contributed by atoms with Crippen molar-refractivity contribution in [3.05, 3.63) is 78.6 Å². The molecule has 0 aliphatic heterocycles. The zero-order valence-corrected chi connectivity index (χ0v) is 28.3. The Morgan fingerprint density at radius 1 is 1.17 bits per heavy atom. The van der Waals surface area contributed by atoms with Crippen molar-refractivity contribution in [3.63, 3.8) is 0 Å². The number of ether oxygens (including phenoxy) is 1. The molecule has 46 heavy (non-hydrogen) atoms. The number of anilines is 1. The van der Waals surface area contributed by atoms with Gasteiger partial charge < -0.3 is 15.4 Å². The molecule has 1 aliphatic rings. The first-order valence-corrected chi connectivity index (χ1v) is 17.4. The summed E-state index contributed by atoms with van der Waals surface area (Å²) in [4.78, 5) is 51.3. The summed E-state index contributed by atoms with van der Waals surface area (Å²) in [6.07, 6.45) is 2.54. The van der Waals surface area contributed by atoms with Crippen molar-refractivity contribution in [2.45, 2.75) is 58.7 Å². The van der Waals surface area contributed by atoms with Crippen LogP contribution in [0.1, 0.15) is 70.4 Å². The Morgan fingerprint density at radius 3 is 2.59 bits per heavy atom. The van der Waals surface area contributed by atoms with Crippen molar-refractivity contribution in [2.24, 2.45) is 11.3 Å². The van der Waals surface area contributed by atoms with Crippen LogP contribution < -0.4 is 10.6 Å². The average Bonchev–Trinajstić information content (AvgIpc) is 3.77. The Kier molecular flexibility index (Phi) is 10.2. The molecule has 2 amide bonds. The second kappa shape index (κ2) is 14.1. The van der Waals surface area contributed by atoms with Crippen LogP contribution in [-0.4, -0.2) is 49.8 Å². The third kappa shape index (κ3) is 7.48. The van der Waals surface area contributed by atoms with Crippen LogP contribution in [0.25, 0.3) is 5.69 Å². The molecule has 0 spiro atoms. The Balaban J connectivity index is 1.35. The molecule has 0 saturated carbocycles. The van der Waals surface area contributed by atoms with Gasteiger partial charge in [-0.2, -0.15) is 0 Å². The molecule has 242 valence electrons. The van der Waals surface area contributed by atoms with Gasteiger partial charge in [0.15, 0.2) is 11.0 Å². The van der Waals surface area contributed by atoms with Crippen LogP contribution >= 0.6 is 34.4 Å². The van der Waals surface area contributed by atoms with Gasteiger partial charge in [0.2, 0.25) is 5.91 Å². The minimum Gasteiger partial charge on any atom is -0.462 e. The van der Waals surface area contributed by atoms with E-state index in [1.165, 1.54) is 34.8 Å². The fourth-order valence-corrected chi connectivity index (χ4v) is 8.01. The number of nitro benzene ring substituents is 1. The van der Waals surface area contributed by atoms with Crippen LogP contribution in [0.15, 0.2) is 46.9 Å². The SMILES string of the molecule is CCOC(=O)c1c(NC(=O)CSc2nnc(CNC(=O)c3cccs3)n2-c2ccc([N+](=O)[O-])cc2)sc2c1CCC(C(C)(C)C)C2. The summed E-state index contributed by atoms with van der Waals surface area (Å²) >= 11 is 3.86. The van der Waals surface area contributed by atoms with E-state index in [2.05, 4.69) is 41.6 Å². The first kappa shape index (κ1) is 33.3. The highest BCUT2D eigenvalue weighted by atomic mass is 32.2. The maximum Gasteiger partial charge on any atom is 0.341 e. The number of rotatable bonds is 11. The molecule has 1 atom stereocenters. The number of thiophene rings is 2. The van der Waals surface area contributed by atoms with Gasteiger partial charge in [0, 0.05) is 22.7 Å². The van der Waals surface area contributed by atoms with Gasteiger partial charge in [0.1, 0.15) is 5.00 Å². The lowest BCUT2D eigenvalue weighted by atomic mass is 9.72. The van der Waals surface area contributed by atoms with Crippen LogP contribution in [0.4, 0.5) is 10.7 Å². The van der Waals surface area contributed by atoms with Crippen LogP contribution in [0, 0.1) is 21.4 Å². The molecule has 4 aromatic rings. The van der Waals surface area contributed by atoms with Gasteiger partial charge in [0.25, 0.3) is 11.6 Å². The molecule has 2 N–H and O–H groups in total. The molecule has 1 aliphatic carbocycles. The molecule has 0 radical (unpaired) electrons. The zero-order chi connectivity index (χ0) is 33.0. The largest absolute Gasteiger partial charge is 0.462 e. The van der Waals surface area contributed by atoms with Crippen molar-refractivity contribution in [3.8, 4) is 5.69 Å². The number of carbonyl (C=O) groups is 3. The van der Waals surface area contributed by atoms with Gasteiger partial charge in [-0.05, 0) is 66.7 Å². The van der Waals surface area contributed by atoms with Gasteiger partial charge >= 0.3 is 5.97 Å². The van der Waals surface area contributed by atoms with Gasteiger partial charge in [-0.25, -0.2) is 4.79 Å². The molecular formula is C31H34N6O6S3. The number of benzene rings is 1. The van der Waals surface area contributed by atoms with Crippen molar-refractivity contribution >= 4 is 62.9 Å². The predicted molar refractivity (Wildman–Crippen MR) is 178 cm³/mol. The third-order valence-electron chi connectivity index (χ3n) is 7.73. The summed E-state index contributed by atoms with van der Waals surface area (Å²) in [5.41, 5.74) is 1.96. The van der Waals surface area contributed by atoms with E-state index in [0.29, 0.717) is 38.0 Å². The number of carbonyl (C=O) groups excluding carboxylic acids is 3. The molecule has 3 heterocycles. The lowest BCUT2D eigenvalue weighted by Crippen LogP contribution is -2.26. The maximum atomic E-state index is 13.3. The van der Waals surface area contributed by atoms with Crippen LogP contribution in [0.2, 0.25) is 0 Å². The number of amides is 2. The average molecular weight is 683 g/mol. The zero-order valence-electron chi connectivity index (χ0n) is 25.8. The summed E-state index contributed by atoms with van der Waals surface area (Å²) in [6, 6.07) is 9.34. The van der Waals surface area contributed by atoms with Crippen molar-refractivity contribution in [1.82, 2.24) is 20.1 Å². The first-order valence-electron chi connectivity index (χ1n) is 14.7. The van der Waals surface area contributed by atoms with Crippen LogP contribution in [0.3, 0.4) is 0 Å². The summed E-state index contributed by atoms with van der Waals surface area (Å²) in [5, 5.41) is 28.2. The van der Waals surface area contributed by atoms with E-state index in [-0.39, 0.29) is 41.8 Å². The summed E-state index contributed by atoms with van der Waals surface area (Å²) < 4.78 is 7.02. The van der Waals surface area contributed by atoms with Crippen molar-refractivity contribution in [2.75, 3.05) is 17.7 Å². The van der Waals surface area contributed by atoms with E-state index >= 15 is 0 Å². The van der Waals surface area contributed by atoms with E-state index < -0.39 is 10.9 Å². The molecule has 0 saturated heterocycles. The quantitative estimate of drug-likeness (QED) is 0.0803. The number of hydrogen-bond donors (Lipinski definition) is 2. The van der Waals surface area contributed by atoms with Gasteiger partial charge in [-0.3, -0.25) is 24.3 Å². The fourth-order valence-electron chi connectivity index (χ4n) is 5.27.